The molecule has 0 aromatic rings. The van der Waals surface area contributed by atoms with E-state index in [1.165, 1.54) is 6.08 Å². The van der Waals surface area contributed by atoms with Gasteiger partial charge >= 0.3 is 15.6 Å². The molecule has 0 saturated heterocycles. The number of halogens is 3. The highest BCUT2D eigenvalue weighted by molar-refractivity contribution is 7.87. The van der Waals surface area contributed by atoms with Gasteiger partial charge in [-0.1, -0.05) is 12.8 Å². The molecule has 3 nitrogen and oxygen atoms in total. The van der Waals surface area contributed by atoms with Crippen molar-refractivity contribution < 1.29 is 25.8 Å². The number of rotatable bonds is 2. The van der Waals surface area contributed by atoms with Crippen molar-refractivity contribution in [3.63, 3.8) is 0 Å². The Morgan fingerprint density at radius 2 is 1.78 bits per heavy atom. The summed E-state index contributed by atoms with van der Waals surface area (Å²) in [6, 6.07) is 0. The molecule has 0 aromatic heterocycles. The van der Waals surface area contributed by atoms with Crippen molar-refractivity contribution in [1.29, 1.82) is 0 Å². The Morgan fingerprint density at radius 3 is 2.22 bits per heavy atom. The summed E-state index contributed by atoms with van der Waals surface area (Å²) in [4.78, 5) is 0. The van der Waals surface area contributed by atoms with Crippen LogP contribution in [0.15, 0.2) is 11.8 Å². The van der Waals surface area contributed by atoms with Crippen LogP contribution >= 0.6 is 0 Å². The Morgan fingerprint density at radius 1 is 1.17 bits per heavy atom. The average molecular weight is 284 g/mol. The molecule has 0 N–H and O–H groups in total. The van der Waals surface area contributed by atoms with Crippen molar-refractivity contribution in [2.45, 2.75) is 50.5 Å². The lowest BCUT2D eigenvalue weighted by molar-refractivity contribution is -0.0525. The van der Waals surface area contributed by atoms with Gasteiger partial charge in [0, 0.05) is 6.42 Å². The van der Waals surface area contributed by atoms with Crippen molar-refractivity contribution in [3.05, 3.63) is 11.8 Å². The average Bonchev–Trinajstić information content (AvgIpc) is 2.69. The molecule has 2 aliphatic carbocycles. The molecule has 0 heterocycles. The fourth-order valence-corrected chi connectivity index (χ4v) is 3.29. The van der Waals surface area contributed by atoms with Crippen LogP contribution in [0.1, 0.15) is 44.9 Å². The van der Waals surface area contributed by atoms with Gasteiger partial charge in [0.15, 0.2) is 0 Å². The summed E-state index contributed by atoms with van der Waals surface area (Å²) in [5, 5.41) is 0. The van der Waals surface area contributed by atoms with Gasteiger partial charge in [-0.05, 0) is 37.2 Å². The Labute approximate surface area is 104 Å². The minimum atomic E-state index is -5.50. The zero-order valence-corrected chi connectivity index (χ0v) is 10.6. The zero-order chi connectivity index (χ0) is 13.4. The van der Waals surface area contributed by atoms with Crippen molar-refractivity contribution in [1.82, 2.24) is 0 Å². The second-order valence-electron chi connectivity index (χ2n) is 5.06. The summed E-state index contributed by atoms with van der Waals surface area (Å²) < 4.78 is 62.3. The molecule has 1 spiro atoms. The first-order valence-corrected chi connectivity index (χ1v) is 7.35. The summed E-state index contributed by atoms with van der Waals surface area (Å²) in [5.74, 6) is -0.0650. The standard InChI is InChI=1S/C11H15F3O3S/c12-11(13,14)18(15,16)17-9-3-7-10(8-4-9)5-1-2-6-10/h3H,1-2,4-8H2. The maximum atomic E-state index is 12.1. The fourth-order valence-electron chi connectivity index (χ4n) is 2.77. The smallest absolute Gasteiger partial charge is 0.381 e. The van der Waals surface area contributed by atoms with Gasteiger partial charge in [0.2, 0.25) is 0 Å². The number of allylic oxidation sites excluding steroid dienone is 2. The highest BCUT2D eigenvalue weighted by atomic mass is 32.2. The molecule has 0 radical (unpaired) electrons. The van der Waals surface area contributed by atoms with Gasteiger partial charge in [0.05, 0.1) is 0 Å². The van der Waals surface area contributed by atoms with Gasteiger partial charge in [-0.2, -0.15) is 21.6 Å². The summed E-state index contributed by atoms with van der Waals surface area (Å²) in [5.41, 5.74) is -5.18. The predicted molar refractivity (Wildman–Crippen MR) is 58.9 cm³/mol. The van der Waals surface area contributed by atoms with Crippen LogP contribution in [0.5, 0.6) is 0 Å². The summed E-state index contributed by atoms with van der Waals surface area (Å²) in [6.07, 6.45) is 7.55. The quantitative estimate of drug-likeness (QED) is 0.576. The molecule has 2 aliphatic rings. The molecule has 18 heavy (non-hydrogen) atoms. The van der Waals surface area contributed by atoms with Crippen molar-refractivity contribution in [2.75, 3.05) is 0 Å². The SMILES string of the molecule is O=S(=O)(OC1=CCC2(CCCC2)CC1)C(F)(F)F. The van der Waals surface area contributed by atoms with E-state index in [4.69, 9.17) is 0 Å². The van der Waals surface area contributed by atoms with Crippen molar-refractivity contribution >= 4 is 10.1 Å². The molecule has 0 amide bonds. The van der Waals surface area contributed by atoms with Crippen LogP contribution in [-0.2, 0) is 14.3 Å². The van der Waals surface area contributed by atoms with Crippen LogP contribution in [0.2, 0.25) is 0 Å². The van der Waals surface area contributed by atoms with Gasteiger partial charge in [0.1, 0.15) is 5.76 Å². The van der Waals surface area contributed by atoms with E-state index in [2.05, 4.69) is 4.18 Å². The lowest BCUT2D eigenvalue weighted by Crippen LogP contribution is -2.27. The molecule has 1 saturated carbocycles. The molecular weight excluding hydrogens is 269 g/mol. The molecule has 1 fully saturated rings. The van der Waals surface area contributed by atoms with Gasteiger partial charge in [0.25, 0.3) is 0 Å². The third-order valence-electron chi connectivity index (χ3n) is 3.83. The largest absolute Gasteiger partial charge is 0.534 e. The molecule has 7 heteroatoms. The molecule has 0 aliphatic heterocycles. The maximum absolute atomic E-state index is 12.1. The van der Waals surface area contributed by atoms with E-state index < -0.39 is 15.6 Å². The summed E-state index contributed by atoms with van der Waals surface area (Å²) in [6.45, 7) is 0. The Kier molecular flexibility index (Phi) is 3.38. The molecule has 0 atom stereocenters. The lowest BCUT2D eigenvalue weighted by Gasteiger charge is -2.31. The van der Waals surface area contributed by atoms with Gasteiger partial charge in [-0.15, -0.1) is 0 Å². The lowest BCUT2D eigenvalue weighted by atomic mass is 9.75. The molecule has 0 aromatic carbocycles. The van der Waals surface area contributed by atoms with Crippen LogP contribution in [0.3, 0.4) is 0 Å². The zero-order valence-electron chi connectivity index (χ0n) is 9.79. The second-order valence-corrected chi connectivity index (χ2v) is 6.60. The number of alkyl halides is 3. The van der Waals surface area contributed by atoms with Gasteiger partial charge in [-0.25, -0.2) is 0 Å². The van der Waals surface area contributed by atoms with E-state index in [0.29, 0.717) is 12.8 Å². The van der Waals surface area contributed by atoms with Crippen molar-refractivity contribution in [2.24, 2.45) is 5.41 Å². The van der Waals surface area contributed by atoms with E-state index in [9.17, 15) is 21.6 Å². The van der Waals surface area contributed by atoms with E-state index in [-0.39, 0.29) is 17.6 Å². The van der Waals surface area contributed by atoms with Crippen LogP contribution in [0.4, 0.5) is 13.2 Å². The van der Waals surface area contributed by atoms with Crippen LogP contribution in [0, 0.1) is 5.41 Å². The van der Waals surface area contributed by atoms with Gasteiger partial charge in [-0.3, -0.25) is 0 Å². The van der Waals surface area contributed by atoms with E-state index in [0.717, 1.165) is 25.7 Å². The molecule has 2 rings (SSSR count). The Balaban J connectivity index is 2.03. The summed E-state index contributed by atoms with van der Waals surface area (Å²) in [7, 11) is -5.50. The highest BCUT2D eigenvalue weighted by Crippen LogP contribution is 2.48. The first-order valence-electron chi connectivity index (χ1n) is 5.94. The predicted octanol–water partition coefficient (Wildman–Crippen LogP) is 3.48. The van der Waals surface area contributed by atoms with Gasteiger partial charge < -0.3 is 4.18 Å². The third-order valence-corrected chi connectivity index (χ3v) is 4.83. The summed E-state index contributed by atoms with van der Waals surface area (Å²) >= 11 is 0. The monoisotopic (exact) mass is 284 g/mol. The molecule has 0 unspecified atom stereocenters. The van der Waals surface area contributed by atoms with Crippen molar-refractivity contribution in [3.8, 4) is 0 Å². The Bertz CT molecular complexity index is 445. The second kappa shape index (κ2) is 4.43. The van der Waals surface area contributed by atoms with Crippen LogP contribution in [0.25, 0.3) is 0 Å². The minimum Gasteiger partial charge on any atom is -0.381 e. The molecule has 0 bridgehead atoms. The topological polar surface area (TPSA) is 43.4 Å². The fraction of sp³-hybridized carbons (Fsp3) is 0.818. The van der Waals surface area contributed by atoms with Crippen LogP contribution in [-0.4, -0.2) is 13.9 Å². The van der Waals surface area contributed by atoms with E-state index >= 15 is 0 Å². The normalized spacial score (nSPS) is 24.1. The maximum Gasteiger partial charge on any atom is 0.534 e. The first kappa shape index (κ1) is 13.7. The first-order chi connectivity index (χ1) is 8.24. The molecular formula is C11H15F3O3S. The number of hydrogen-bond acceptors (Lipinski definition) is 3. The van der Waals surface area contributed by atoms with E-state index in [1.807, 2.05) is 0 Å². The van der Waals surface area contributed by atoms with E-state index in [1.54, 1.807) is 0 Å². The highest BCUT2D eigenvalue weighted by Gasteiger charge is 2.49. The molecule has 104 valence electrons. The van der Waals surface area contributed by atoms with Crippen LogP contribution < -0.4 is 0 Å². The number of hydrogen-bond donors (Lipinski definition) is 0. The minimum absolute atomic E-state index is 0.0650. The third kappa shape index (κ3) is 2.65. The Hall–Kier alpha value is -0.720.